The van der Waals surface area contributed by atoms with Gasteiger partial charge in [0.15, 0.2) is 0 Å². The standard InChI is InChI=1S/C17H17N3O/c1-2-10-20-13-14(12-19-20)17-11-16(8-9-18-17)21-15-6-4-3-5-7-15/h3-9,11-13H,2,10H2,1H3. The van der Waals surface area contributed by atoms with E-state index in [-0.39, 0.29) is 0 Å². The molecule has 0 bridgehead atoms. The molecule has 0 aliphatic rings. The van der Waals surface area contributed by atoms with Crippen LogP contribution in [0.25, 0.3) is 11.3 Å². The molecule has 106 valence electrons. The third-order valence-electron chi connectivity index (χ3n) is 3.09. The molecule has 3 aromatic rings. The van der Waals surface area contributed by atoms with Crippen LogP contribution in [0, 0.1) is 0 Å². The van der Waals surface area contributed by atoms with Crippen LogP contribution in [0.3, 0.4) is 0 Å². The molecule has 0 unspecified atom stereocenters. The summed E-state index contributed by atoms with van der Waals surface area (Å²) in [6, 6.07) is 13.5. The summed E-state index contributed by atoms with van der Waals surface area (Å²) in [5.74, 6) is 1.59. The zero-order valence-corrected chi connectivity index (χ0v) is 11.9. The Morgan fingerprint density at radius 3 is 2.76 bits per heavy atom. The Labute approximate surface area is 124 Å². The second-order valence-corrected chi connectivity index (χ2v) is 4.78. The minimum Gasteiger partial charge on any atom is -0.457 e. The molecular weight excluding hydrogens is 262 g/mol. The molecule has 0 N–H and O–H groups in total. The maximum atomic E-state index is 5.83. The van der Waals surface area contributed by atoms with E-state index in [9.17, 15) is 0 Å². The predicted molar refractivity (Wildman–Crippen MR) is 82.3 cm³/mol. The molecule has 4 nitrogen and oxygen atoms in total. The van der Waals surface area contributed by atoms with Gasteiger partial charge in [0.1, 0.15) is 11.5 Å². The second-order valence-electron chi connectivity index (χ2n) is 4.78. The molecular formula is C17H17N3O. The van der Waals surface area contributed by atoms with Crippen molar-refractivity contribution in [2.75, 3.05) is 0 Å². The lowest BCUT2D eigenvalue weighted by molar-refractivity contribution is 0.482. The fourth-order valence-electron chi connectivity index (χ4n) is 2.10. The minimum atomic E-state index is 0.773. The molecule has 0 amide bonds. The highest BCUT2D eigenvalue weighted by atomic mass is 16.5. The quantitative estimate of drug-likeness (QED) is 0.704. The summed E-state index contributed by atoms with van der Waals surface area (Å²) in [6.45, 7) is 3.05. The number of ether oxygens (including phenoxy) is 1. The number of benzene rings is 1. The van der Waals surface area contributed by atoms with E-state index in [2.05, 4.69) is 17.0 Å². The van der Waals surface area contributed by atoms with Crippen molar-refractivity contribution in [3.63, 3.8) is 0 Å². The lowest BCUT2D eigenvalue weighted by Crippen LogP contribution is -1.95. The van der Waals surface area contributed by atoms with Crippen LogP contribution in [-0.4, -0.2) is 14.8 Å². The van der Waals surface area contributed by atoms with Gasteiger partial charge in [-0.25, -0.2) is 0 Å². The topological polar surface area (TPSA) is 39.9 Å². The van der Waals surface area contributed by atoms with Crippen molar-refractivity contribution in [2.24, 2.45) is 0 Å². The van der Waals surface area contributed by atoms with E-state index in [4.69, 9.17) is 4.74 Å². The van der Waals surface area contributed by atoms with Crippen molar-refractivity contribution in [2.45, 2.75) is 19.9 Å². The zero-order chi connectivity index (χ0) is 14.5. The molecule has 4 heteroatoms. The van der Waals surface area contributed by atoms with Crippen molar-refractivity contribution in [1.29, 1.82) is 0 Å². The highest BCUT2D eigenvalue weighted by Gasteiger charge is 2.05. The first-order valence-corrected chi connectivity index (χ1v) is 7.07. The van der Waals surface area contributed by atoms with Crippen molar-refractivity contribution in [3.05, 3.63) is 61.1 Å². The van der Waals surface area contributed by atoms with Gasteiger partial charge in [-0.3, -0.25) is 9.67 Å². The van der Waals surface area contributed by atoms with Gasteiger partial charge in [0, 0.05) is 30.6 Å². The Morgan fingerprint density at radius 1 is 1.10 bits per heavy atom. The van der Waals surface area contributed by atoms with E-state index in [0.29, 0.717) is 0 Å². The SMILES string of the molecule is CCCn1cc(-c2cc(Oc3ccccc3)ccn2)cn1. The van der Waals surface area contributed by atoms with E-state index in [1.807, 2.05) is 59.5 Å². The smallest absolute Gasteiger partial charge is 0.131 e. The fourth-order valence-corrected chi connectivity index (χ4v) is 2.10. The average molecular weight is 279 g/mol. The van der Waals surface area contributed by atoms with Crippen molar-refractivity contribution < 1.29 is 4.74 Å². The number of hydrogen-bond acceptors (Lipinski definition) is 3. The molecule has 3 rings (SSSR count). The summed E-state index contributed by atoms with van der Waals surface area (Å²) in [7, 11) is 0. The summed E-state index contributed by atoms with van der Waals surface area (Å²) in [4.78, 5) is 4.39. The Morgan fingerprint density at radius 2 is 1.95 bits per heavy atom. The number of para-hydroxylation sites is 1. The third-order valence-corrected chi connectivity index (χ3v) is 3.09. The van der Waals surface area contributed by atoms with Gasteiger partial charge >= 0.3 is 0 Å². The largest absolute Gasteiger partial charge is 0.457 e. The van der Waals surface area contributed by atoms with Crippen LogP contribution in [0.15, 0.2) is 61.1 Å². The Hall–Kier alpha value is -2.62. The molecule has 0 aliphatic heterocycles. The van der Waals surface area contributed by atoms with Gasteiger partial charge < -0.3 is 4.74 Å². The van der Waals surface area contributed by atoms with Crippen LogP contribution >= 0.6 is 0 Å². The molecule has 0 saturated heterocycles. The molecule has 0 aliphatic carbocycles. The molecule has 0 fully saturated rings. The lowest BCUT2D eigenvalue weighted by atomic mass is 10.2. The number of pyridine rings is 1. The number of hydrogen-bond donors (Lipinski definition) is 0. The molecule has 0 radical (unpaired) electrons. The minimum absolute atomic E-state index is 0.773. The summed E-state index contributed by atoms with van der Waals surface area (Å²) >= 11 is 0. The van der Waals surface area contributed by atoms with Crippen LogP contribution in [0.1, 0.15) is 13.3 Å². The van der Waals surface area contributed by atoms with E-state index in [1.165, 1.54) is 0 Å². The van der Waals surface area contributed by atoms with Gasteiger partial charge in [-0.15, -0.1) is 0 Å². The van der Waals surface area contributed by atoms with Gasteiger partial charge in [-0.2, -0.15) is 5.10 Å². The zero-order valence-electron chi connectivity index (χ0n) is 11.9. The number of aryl methyl sites for hydroxylation is 1. The third kappa shape index (κ3) is 3.28. The van der Waals surface area contributed by atoms with E-state index in [1.54, 1.807) is 6.20 Å². The predicted octanol–water partition coefficient (Wildman–Crippen LogP) is 4.15. The summed E-state index contributed by atoms with van der Waals surface area (Å²) < 4.78 is 7.76. The van der Waals surface area contributed by atoms with E-state index >= 15 is 0 Å². The Bertz CT molecular complexity index is 707. The van der Waals surface area contributed by atoms with Gasteiger partial charge in [-0.05, 0) is 24.6 Å². The van der Waals surface area contributed by atoms with E-state index < -0.39 is 0 Å². The Kier molecular flexibility index (Phi) is 3.96. The number of rotatable bonds is 5. The van der Waals surface area contributed by atoms with Crippen molar-refractivity contribution in [1.82, 2.24) is 14.8 Å². The molecule has 1 aromatic carbocycles. The van der Waals surface area contributed by atoms with Crippen LogP contribution < -0.4 is 4.74 Å². The molecule has 0 atom stereocenters. The van der Waals surface area contributed by atoms with Gasteiger partial charge in [0.25, 0.3) is 0 Å². The first kappa shape index (κ1) is 13.4. The maximum absolute atomic E-state index is 5.83. The first-order valence-electron chi connectivity index (χ1n) is 7.07. The summed E-state index contributed by atoms with van der Waals surface area (Å²) in [5, 5.41) is 4.33. The number of aromatic nitrogens is 3. The number of nitrogens with zero attached hydrogens (tertiary/aromatic N) is 3. The van der Waals surface area contributed by atoms with Crippen LogP contribution in [0.4, 0.5) is 0 Å². The van der Waals surface area contributed by atoms with Gasteiger partial charge in [0.05, 0.1) is 11.9 Å². The fraction of sp³-hybridized carbons (Fsp3) is 0.176. The Balaban J connectivity index is 1.82. The first-order chi connectivity index (χ1) is 10.3. The molecule has 0 saturated carbocycles. The molecule has 2 heterocycles. The summed E-state index contributed by atoms with van der Waals surface area (Å²) in [5.41, 5.74) is 1.87. The van der Waals surface area contributed by atoms with E-state index in [0.717, 1.165) is 35.7 Å². The van der Waals surface area contributed by atoms with Crippen molar-refractivity contribution >= 4 is 0 Å². The van der Waals surface area contributed by atoms with Crippen LogP contribution in [-0.2, 0) is 6.54 Å². The van der Waals surface area contributed by atoms with Crippen molar-refractivity contribution in [3.8, 4) is 22.8 Å². The monoisotopic (exact) mass is 279 g/mol. The highest BCUT2D eigenvalue weighted by Crippen LogP contribution is 2.25. The molecule has 0 spiro atoms. The average Bonchev–Trinajstić information content (AvgIpc) is 2.98. The molecule has 2 aromatic heterocycles. The van der Waals surface area contributed by atoms with Gasteiger partial charge in [-0.1, -0.05) is 25.1 Å². The van der Waals surface area contributed by atoms with Crippen LogP contribution in [0.2, 0.25) is 0 Å². The highest BCUT2D eigenvalue weighted by molar-refractivity contribution is 5.58. The summed E-state index contributed by atoms with van der Waals surface area (Å²) in [6.07, 6.45) is 6.67. The maximum Gasteiger partial charge on any atom is 0.131 e. The van der Waals surface area contributed by atoms with Gasteiger partial charge in [0.2, 0.25) is 0 Å². The lowest BCUT2D eigenvalue weighted by Gasteiger charge is -2.06. The normalized spacial score (nSPS) is 10.5. The molecule has 21 heavy (non-hydrogen) atoms. The van der Waals surface area contributed by atoms with Crippen LogP contribution in [0.5, 0.6) is 11.5 Å². The second kappa shape index (κ2) is 6.22.